The highest BCUT2D eigenvalue weighted by molar-refractivity contribution is 9.10. The number of rotatable bonds is 4. The van der Waals surface area contributed by atoms with E-state index in [1.165, 1.54) is 6.07 Å². The van der Waals surface area contributed by atoms with Crippen molar-refractivity contribution in [2.24, 2.45) is 12.8 Å². The van der Waals surface area contributed by atoms with Crippen molar-refractivity contribution in [2.75, 3.05) is 0 Å². The molecule has 2 N–H and O–H groups in total. The van der Waals surface area contributed by atoms with E-state index in [9.17, 15) is 4.39 Å². The maximum Gasteiger partial charge on any atom is 0.129 e. The van der Waals surface area contributed by atoms with E-state index in [0.29, 0.717) is 12.0 Å². The monoisotopic (exact) mass is 311 g/mol. The van der Waals surface area contributed by atoms with E-state index in [2.05, 4.69) is 21.0 Å². The van der Waals surface area contributed by atoms with Crippen LogP contribution in [0.25, 0.3) is 0 Å². The third-order valence-corrected chi connectivity index (χ3v) is 3.49. The summed E-state index contributed by atoms with van der Waals surface area (Å²) >= 11 is 3.23. The summed E-state index contributed by atoms with van der Waals surface area (Å²) in [6.07, 6.45) is 3.23. The Kier molecular flexibility index (Phi) is 4.14. The Bertz CT molecular complexity index is 539. The Morgan fingerprint density at radius 2 is 2.22 bits per heavy atom. The van der Waals surface area contributed by atoms with E-state index in [4.69, 9.17) is 5.73 Å². The minimum Gasteiger partial charge on any atom is -0.324 e. The van der Waals surface area contributed by atoms with Crippen molar-refractivity contribution in [2.45, 2.75) is 18.9 Å². The quantitative estimate of drug-likeness (QED) is 0.943. The Morgan fingerprint density at radius 3 is 2.83 bits per heavy atom. The normalized spacial score (nSPS) is 12.7. The minimum absolute atomic E-state index is 0.262. The zero-order valence-electron chi connectivity index (χ0n) is 10.1. The first-order chi connectivity index (χ1) is 8.58. The van der Waals surface area contributed by atoms with Gasteiger partial charge < -0.3 is 5.73 Å². The molecule has 0 aliphatic heterocycles. The number of benzene rings is 1. The molecule has 1 aromatic heterocycles. The second-order valence-corrected chi connectivity index (χ2v) is 5.17. The van der Waals surface area contributed by atoms with E-state index in [1.807, 2.05) is 23.9 Å². The molecular formula is C13H15BrFN3. The van der Waals surface area contributed by atoms with Crippen molar-refractivity contribution in [3.05, 3.63) is 52.0 Å². The fraction of sp³-hybridized carbons (Fsp3) is 0.308. The number of hydrogen-bond donors (Lipinski definition) is 1. The molecule has 2 aromatic rings. The Hall–Kier alpha value is -1.20. The molecule has 0 fully saturated rings. The van der Waals surface area contributed by atoms with Gasteiger partial charge in [-0.2, -0.15) is 5.10 Å². The molecule has 96 valence electrons. The SMILES string of the molecule is Cn1nccc1CCC(N)c1ccc(Br)cc1F. The first-order valence-corrected chi connectivity index (χ1v) is 6.54. The summed E-state index contributed by atoms with van der Waals surface area (Å²) in [6.45, 7) is 0. The van der Waals surface area contributed by atoms with Gasteiger partial charge in [-0.3, -0.25) is 4.68 Å². The highest BCUT2D eigenvalue weighted by atomic mass is 79.9. The van der Waals surface area contributed by atoms with Crippen LogP contribution in [0.15, 0.2) is 34.9 Å². The molecule has 5 heteroatoms. The summed E-state index contributed by atoms with van der Waals surface area (Å²) in [6, 6.07) is 6.63. The number of hydrogen-bond acceptors (Lipinski definition) is 2. The predicted octanol–water partition coefficient (Wildman–Crippen LogP) is 2.95. The van der Waals surface area contributed by atoms with Gasteiger partial charge in [-0.15, -0.1) is 0 Å². The lowest BCUT2D eigenvalue weighted by molar-refractivity contribution is 0.555. The van der Waals surface area contributed by atoms with Gasteiger partial charge in [0.15, 0.2) is 0 Å². The van der Waals surface area contributed by atoms with E-state index < -0.39 is 0 Å². The third-order valence-electron chi connectivity index (χ3n) is 3.00. The average molecular weight is 312 g/mol. The van der Waals surface area contributed by atoms with Gasteiger partial charge in [-0.05, 0) is 31.0 Å². The lowest BCUT2D eigenvalue weighted by Crippen LogP contribution is -2.14. The van der Waals surface area contributed by atoms with Crippen LogP contribution in [0, 0.1) is 5.82 Å². The Balaban J connectivity index is 2.03. The zero-order valence-corrected chi connectivity index (χ0v) is 11.7. The predicted molar refractivity (Wildman–Crippen MR) is 72.6 cm³/mol. The number of nitrogens with zero attached hydrogens (tertiary/aromatic N) is 2. The molecule has 0 amide bonds. The molecule has 1 aromatic carbocycles. The number of aryl methyl sites for hydroxylation is 2. The molecule has 0 bridgehead atoms. The smallest absolute Gasteiger partial charge is 0.129 e. The van der Waals surface area contributed by atoms with Crippen LogP contribution in [0.5, 0.6) is 0 Å². The largest absolute Gasteiger partial charge is 0.324 e. The molecule has 18 heavy (non-hydrogen) atoms. The molecule has 0 saturated heterocycles. The highest BCUT2D eigenvalue weighted by Gasteiger charge is 2.12. The molecule has 0 aliphatic carbocycles. The molecule has 3 nitrogen and oxygen atoms in total. The summed E-state index contributed by atoms with van der Waals surface area (Å²) in [5, 5.41) is 4.09. The average Bonchev–Trinajstić information content (AvgIpc) is 2.72. The van der Waals surface area contributed by atoms with Crippen molar-refractivity contribution in [1.82, 2.24) is 9.78 Å². The standard InChI is InChI=1S/C13H15BrFN3/c1-18-10(6-7-17-18)3-5-13(16)11-4-2-9(14)8-12(11)15/h2,4,6-8,13H,3,5,16H2,1H3. The van der Waals surface area contributed by atoms with Gasteiger partial charge in [0, 0.05) is 35.0 Å². The van der Waals surface area contributed by atoms with Crippen molar-refractivity contribution < 1.29 is 4.39 Å². The van der Waals surface area contributed by atoms with Crippen molar-refractivity contribution in [3.8, 4) is 0 Å². The first-order valence-electron chi connectivity index (χ1n) is 5.75. The summed E-state index contributed by atoms with van der Waals surface area (Å²) in [7, 11) is 1.89. The van der Waals surface area contributed by atoms with E-state index in [1.54, 1.807) is 12.3 Å². The fourth-order valence-corrected chi connectivity index (χ4v) is 2.24. The van der Waals surface area contributed by atoms with Gasteiger partial charge in [0.1, 0.15) is 5.82 Å². The molecule has 0 aliphatic rings. The van der Waals surface area contributed by atoms with Crippen LogP contribution in [0.2, 0.25) is 0 Å². The molecule has 1 unspecified atom stereocenters. The van der Waals surface area contributed by atoms with Gasteiger partial charge >= 0.3 is 0 Å². The summed E-state index contributed by atoms with van der Waals surface area (Å²) in [4.78, 5) is 0. The Morgan fingerprint density at radius 1 is 1.44 bits per heavy atom. The van der Waals surface area contributed by atoms with E-state index in [-0.39, 0.29) is 11.9 Å². The summed E-state index contributed by atoms with van der Waals surface area (Å²) in [5.41, 5.74) is 7.68. The van der Waals surface area contributed by atoms with Crippen molar-refractivity contribution >= 4 is 15.9 Å². The van der Waals surface area contributed by atoms with Crippen LogP contribution in [0.1, 0.15) is 23.7 Å². The Labute approximate surface area is 114 Å². The zero-order chi connectivity index (χ0) is 13.1. The molecule has 0 saturated carbocycles. The van der Waals surface area contributed by atoms with Crippen LogP contribution in [-0.2, 0) is 13.5 Å². The van der Waals surface area contributed by atoms with Crippen LogP contribution in [0.4, 0.5) is 4.39 Å². The highest BCUT2D eigenvalue weighted by Crippen LogP contribution is 2.22. The first kappa shape index (κ1) is 13.2. The molecule has 1 heterocycles. The van der Waals surface area contributed by atoms with Gasteiger partial charge in [-0.25, -0.2) is 4.39 Å². The third kappa shape index (κ3) is 2.97. The number of nitrogens with two attached hydrogens (primary N) is 1. The molecule has 0 spiro atoms. The van der Waals surface area contributed by atoms with Crippen LogP contribution in [-0.4, -0.2) is 9.78 Å². The number of aromatic nitrogens is 2. The molecular weight excluding hydrogens is 297 g/mol. The van der Waals surface area contributed by atoms with Gasteiger partial charge in [0.05, 0.1) is 0 Å². The molecule has 0 radical (unpaired) electrons. The second-order valence-electron chi connectivity index (χ2n) is 4.26. The van der Waals surface area contributed by atoms with Gasteiger partial charge in [0.25, 0.3) is 0 Å². The van der Waals surface area contributed by atoms with Gasteiger partial charge in [-0.1, -0.05) is 22.0 Å². The van der Waals surface area contributed by atoms with Crippen LogP contribution < -0.4 is 5.73 Å². The minimum atomic E-state index is -0.298. The lowest BCUT2D eigenvalue weighted by atomic mass is 10.0. The van der Waals surface area contributed by atoms with Crippen LogP contribution in [0.3, 0.4) is 0 Å². The maximum atomic E-state index is 13.7. The van der Waals surface area contributed by atoms with E-state index >= 15 is 0 Å². The molecule has 1 atom stereocenters. The van der Waals surface area contributed by atoms with Gasteiger partial charge in [0.2, 0.25) is 0 Å². The number of halogens is 2. The molecule has 2 rings (SSSR count). The fourth-order valence-electron chi connectivity index (χ4n) is 1.91. The van der Waals surface area contributed by atoms with Crippen molar-refractivity contribution in [1.29, 1.82) is 0 Å². The topological polar surface area (TPSA) is 43.8 Å². The van der Waals surface area contributed by atoms with E-state index in [0.717, 1.165) is 16.6 Å². The summed E-state index contributed by atoms with van der Waals surface area (Å²) < 4.78 is 16.3. The summed E-state index contributed by atoms with van der Waals surface area (Å²) in [5.74, 6) is -0.262. The van der Waals surface area contributed by atoms with Crippen LogP contribution >= 0.6 is 15.9 Å². The maximum absolute atomic E-state index is 13.7. The lowest BCUT2D eigenvalue weighted by Gasteiger charge is -2.13. The van der Waals surface area contributed by atoms with Crippen molar-refractivity contribution in [3.63, 3.8) is 0 Å². The second kappa shape index (κ2) is 5.63.